The van der Waals surface area contributed by atoms with Crippen LogP contribution >= 0.6 is 0 Å². The number of nitro groups is 1. The Labute approximate surface area is 145 Å². The lowest BCUT2D eigenvalue weighted by molar-refractivity contribution is -0.385. The maximum atomic E-state index is 12.5. The average Bonchev–Trinajstić information content (AvgIpc) is 2.68. The first kappa shape index (κ1) is 16.9. The van der Waals surface area contributed by atoms with E-state index in [1.54, 1.807) is 6.07 Å². The standard InChI is InChI=1S/C18H19N3O4/c1-25-17(22)18(14-5-3-2-4-6-14)9-11-20(12-10-18)16-8-7-15(13-19-16)21(23)24/h2-8,13H,9-12H2,1H3. The van der Waals surface area contributed by atoms with Gasteiger partial charge in [0.15, 0.2) is 0 Å². The van der Waals surface area contributed by atoms with Crippen molar-refractivity contribution in [3.8, 4) is 0 Å². The number of esters is 1. The molecule has 0 amide bonds. The van der Waals surface area contributed by atoms with Crippen LogP contribution in [0.4, 0.5) is 11.5 Å². The number of aromatic nitrogens is 1. The molecule has 0 bridgehead atoms. The van der Waals surface area contributed by atoms with Crippen LogP contribution in [0.3, 0.4) is 0 Å². The zero-order valence-corrected chi connectivity index (χ0v) is 13.9. The van der Waals surface area contributed by atoms with Gasteiger partial charge in [-0.1, -0.05) is 30.3 Å². The smallest absolute Gasteiger partial charge is 0.316 e. The van der Waals surface area contributed by atoms with E-state index in [1.807, 2.05) is 35.2 Å². The van der Waals surface area contributed by atoms with Gasteiger partial charge in [-0.2, -0.15) is 0 Å². The summed E-state index contributed by atoms with van der Waals surface area (Å²) in [5.74, 6) is 0.451. The summed E-state index contributed by atoms with van der Waals surface area (Å²) in [5, 5.41) is 10.7. The van der Waals surface area contributed by atoms with Gasteiger partial charge in [0, 0.05) is 19.2 Å². The summed E-state index contributed by atoms with van der Waals surface area (Å²) >= 11 is 0. The van der Waals surface area contributed by atoms with Gasteiger partial charge in [-0.15, -0.1) is 0 Å². The van der Waals surface area contributed by atoms with Crippen LogP contribution in [0.25, 0.3) is 0 Å². The molecular formula is C18H19N3O4. The molecule has 1 aromatic heterocycles. The molecule has 1 aliphatic heterocycles. The van der Waals surface area contributed by atoms with Crippen LogP contribution in [-0.2, 0) is 14.9 Å². The second kappa shape index (κ2) is 6.88. The Hall–Kier alpha value is -2.96. The summed E-state index contributed by atoms with van der Waals surface area (Å²) in [6.07, 6.45) is 2.46. The monoisotopic (exact) mass is 341 g/mol. The molecule has 1 aliphatic rings. The maximum absolute atomic E-state index is 12.5. The second-order valence-electron chi connectivity index (χ2n) is 6.06. The number of hydrogen-bond acceptors (Lipinski definition) is 6. The van der Waals surface area contributed by atoms with Gasteiger partial charge in [-0.25, -0.2) is 4.98 Å². The minimum absolute atomic E-state index is 0.0334. The molecule has 1 fully saturated rings. The van der Waals surface area contributed by atoms with Gasteiger partial charge in [0.25, 0.3) is 5.69 Å². The highest BCUT2D eigenvalue weighted by Gasteiger charge is 2.44. The summed E-state index contributed by atoms with van der Waals surface area (Å²) in [5.41, 5.74) is 0.264. The highest BCUT2D eigenvalue weighted by atomic mass is 16.6. The highest BCUT2D eigenvalue weighted by Crippen LogP contribution is 2.37. The largest absolute Gasteiger partial charge is 0.468 e. The fourth-order valence-electron chi connectivity index (χ4n) is 3.35. The van der Waals surface area contributed by atoms with E-state index in [1.165, 1.54) is 19.4 Å². The Balaban J connectivity index is 1.80. The molecule has 0 aliphatic carbocycles. The number of ether oxygens (including phenoxy) is 1. The Kier molecular flexibility index (Phi) is 4.65. The zero-order chi connectivity index (χ0) is 17.9. The SMILES string of the molecule is COC(=O)C1(c2ccccc2)CCN(c2ccc([N+](=O)[O-])cn2)CC1. The van der Waals surface area contributed by atoms with Crippen molar-refractivity contribution in [1.29, 1.82) is 0 Å². The van der Waals surface area contributed by atoms with Crippen LogP contribution in [0.15, 0.2) is 48.7 Å². The van der Waals surface area contributed by atoms with Gasteiger partial charge in [0.05, 0.1) is 17.4 Å². The number of carbonyl (C=O) groups excluding carboxylic acids is 1. The van der Waals surface area contributed by atoms with E-state index >= 15 is 0 Å². The van der Waals surface area contributed by atoms with E-state index < -0.39 is 10.3 Å². The number of anilines is 1. The molecule has 130 valence electrons. The fraction of sp³-hybridized carbons (Fsp3) is 0.333. The van der Waals surface area contributed by atoms with Crippen molar-refractivity contribution in [1.82, 2.24) is 4.98 Å². The Morgan fingerprint density at radius 2 is 1.88 bits per heavy atom. The molecule has 0 N–H and O–H groups in total. The molecule has 7 heteroatoms. The molecule has 25 heavy (non-hydrogen) atoms. The molecule has 2 heterocycles. The third-order valence-corrected chi connectivity index (χ3v) is 4.79. The van der Waals surface area contributed by atoms with Crippen molar-refractivity contribution < 1.29 is 14.5 Å². The number of nitrogens with zero attached hydrogens (tertiary/aromatic N) is 3. The first-order valence-electron chi connectivity index (χ1n) is 8.06. The van der Waals surface area contributed by atoms with Gasteiger partial charge in [0.2, 0.25) is 0 Å². The molecule has 0 radical (unpaired) electrons. The fourth-order valence-corrected chi connectivity index (χ4v) is 3.35. The number of pyridine rings is 1. The quantitative estimate of drug-likeness (QED) is 0.483. The van der Waals surface area contributed by atoms with Crippen molar-refractivity contribution in [2.45, 2.75) is 18.3 Å². The predicted octanol–water partition coefficient (Wildman–Crippen LogP) is 2.70. The van der Waals surface area contributed by atoms with E-state index in [4.69, 9.17) is 4.74 Å². The molecule has 7 nitrogen and oxygen atoms in total. The number of benzene rings is 1. The minimum atomic E-state index is -0.659. The van der Waals surface area contributed by atoms with Crippen molar-refractivity contribution >= 4 is 17.5 Å². The summed E-state index contributed by atoms with van der Waals surface area (Å²) in [4.78, 5) is 29.0. The first-order valence-corrected chi connectivity index (χ1v) is 8.06. The molecule has 3 rings (SSSR count). The van der Waals surface area contributed by atoms with Crippen molar-refractivity contribution in [2.24, 2.45) is 0 Å². The van der Waals surface area contributed by atoms with Crippen LogP contribution in [0.2, 0.25) is 0 Å². The maximum Gasteiger partial charge on any atom is 0.316 e. The van der Waals surface area contributed by atoms with Gasteiger partial charge in [0.1, 0.15) is 12.0 Å². The van der Waals surface area contributed by atoms with Gasteiger partial charge in [-0.05, 0) is 24.5 Å². The van der Waals surface area contributed by atoms with Crippen LogP contribution in [0.5, 0.6) is 0 Å². The number of hydrogen-bond donors (Lipinski definition) is 0. The molecule has 1 saturated heterocycles. The lowest BCUT2D eigenvalue weighted by Crippen LogP contribution is -2.48. The third-order valence-electron chi connectivity index (χ3n) is 4.79. The Morgan fingerprint density at radius 3 is 2.40 bits per heavy atom. The third kappa shape index (κ3) is 3.17. The summed E-state index contributed by atoms with van der Waals surface area (Å²) in [7, 11) is 1.41. The molecule has 2 aromatic rings. The number of carbonyl (C=O) groups is 1. The number of rotatable bonds is 4. The second-order valence-corrected chi connectivity index (χ2v) is 6.06. The van der Waals surface area contributed by atoms with Crippen LogP contribution in [0, 0.1) is 10.1 Å². The highest BCUT2D eigenvalue weighted by molar-refractivity contribution is 5.83. The van der Waals surface area contributed by atoms with Crippen LogP contribution in [-0.4, -0.2) is 36.1 Å². The lowest BCUT2D eigenvalue weighted by atomic mass is 9.72. The van der Waals surface area contributed by atoms with Crippen LogP contribution < -0.4 is 4.90 Å². The molecule has 1 aromatic carbocycles. The lowest BCUT2D eigenvalue weighted by Gasteiger charge is -2.40. The first-order chi connectivity index (χ1) is 12.1. The average molecular weight is 341 g/mol. The van der Waals surface area contributed by atoms with E-state index in [-0.39, 0.29) is 11.7 Å². The normalized spacial score (nSPS) is 16.3. The predicted molar refractivity (Wildman–Crippen MR) is 92.5 cm³/mol. The van der Waals surface area contributed by atoms with Gasteiger partial charge in [-0.3, -0.25) is 14.9 Å². The number of methoxy groups -OCH3 is 1. The number of piperidine rings is 1. The molecular weight excluding hydrogens is 322 g/mol. The summed E-state index contributed by atoms with van der Waals surface area (Å²) in [6.45, 7) is 1.24. The van der Waals surface area contributed by atoms with E-state index in [9.17, 15) is 14.9 Å². The topological polar surface area (TPSA) is 85.6 Å². The molecule has 0 saturated carbocycles. The molecule has 0 spiro atoms. The molecule has 0 unspecified atom stereocenters. The van der Waals surface area contributed by atoms with Gasteiger partial charge < -0.3 is 9.64 Å². The Morgan fingerprint density at radius 1 is 1.20 bits per heavy atom. The van der Waals surface area contributed by atoms with Crippen molar-refractivity contribution in [3.63, 3.8) is 0 Å². The van der Waals surface area contributed by atoms with E-state index in [0.29, 0.717) is 31.7 Å². The van der Waals surface area contributed by atoms with E-state index in [2.05, 4.69) is 4.98 Å². The Bertz CT molecular complexity index is 754. The van der Waals surface area contributed by atoms with Crippen molar-refractivity contribution in [2.75, 3.05) is 25.1 Å². The summed E-state index contributed by atoms with van der Waals surface area (Å²) < 4.78 is 5.08. The van der Waals surface area contributed by atoms with Crippen molar-refractivity contribution in [3.05, 3.63) is 64.3 Å². The summed E-state index contributed by atoms with van der Waals surface area (Å²) in [6, 6.07) is 12.8. The van der Waals surface area contributed by atoms with E-state index in [0.717, 1.165) is 5.56 Å². The van der Waals surface area contributed by atoms with Crippen LogP contribution in [0.1, 0.15) is 18.4 Å². The van der Waals surface area contributed by atoms with Gasteiger partial charge >= 0.3 is 5.97 Å². The minimum Gasteiger partial charge on any atom is -0.468 e. The molecule has 0 atom stereocenters. The zero-order valence-electron chi connectivity index (χ0n) is 13.9.